The standard InChI is InChI=1S/C24H26N2O4S/c1-3-30-23-11-7-10-20(16-23)17-25-24(27)21-12-14-22(15-13-21)26(31(2,28)29)18-19-8-5-4-6-9-19/h4-16H,3,17-18H2,1-2H3,(H,25,27). The molecule has 0 radical (unpaired) electrons. The van der Waals surface area contributed by atoms with Crippen molar-refractivity contribution < 1.29 is 17.9 Å². The van der Waals surface area contributed by atoms with Crippen LogP contribution in [0.4, 0.5) is 5.69 Å². The van der Waals surface area contributed by atoms with Crippen LogP contribution in [0.1, 0.15) is 28.4 Å². The van der Waals surface area contributed by atoms with Gasteiger partial charge in [-0.05, 0) is 54.4 Å². The van der Waals surface area contributed by atoms with Crippen molar-refractivity contribution in [3.05, 3.63) is 95.6 Å². The van der Waals surface area contributed by atoms with E-state index in [1.165, 1.54) is 10.6 Å². The summed E-state index contributed by atoms with van der Waals surface area (Å²) < 4.78 is 31.4. The second-order valence-corrected chi connectivity index (χ2v) is 8.97. The molecule has 0 saturated heterocycles. The summed E-state index contributed by atoms with van der Waals surface area (Å²) in [5.41, 5.74) is 2.77. The van der Waals surface area contributed by atoms with E-state index in [0.29, 0.717) is 24.4 Å². The van der Waals surface area contributed by atoms with E-state index in [4.69, 9.17) is 4.74 Å². The van der Waals surface area contributed by atoms with Crippen LogP contribution in [0.25, 0.3) is 0 Å². The third kappa shape index (κ3) is 6.33. The maximum Gasteiger partial charge on any atom is 0.251 e. The molecule has 0 spiro atoms. The third-order valence-corrected chi connectivity index (χ3v) is 5.79. The number of carbonyl (C=O) groups is 1. The van der Waals surface area contributed by atoms with Crippen LogP contribution < -0.4 is 14.4 Å². The minimum absolute atomic E-state index is 0.224. The SMILES string of the molecule is CCOc1cccc(CNC(=O)c2ccc(N(Cc3ccccc3)S(C)(=O)=O)cc2)c1. The maximum absolute atomic E-state index is 12.5. The third-order valence-electron chi connectivity index (χ3n) is 4.65. The zero-order valence-corrected chi connectivity index (χ0v) is 18.4. The highest BCUT2D eigenvalue weighted by atomic mass is 32.2. The Morgan fingerprint density at radius 1 is 0.935 bits per heavy atom. The van der Waals surface area contributed by atoms with Crippen molar-refractivity contribution in [2.45, 2.75) is 20.0 Å². The van der Waals surface area contributed by atoms with Crippen LogP contribution in [0, 0.1) is 0 Å². The summed E-state index contributed by atoms with van der Waals surface area (Å²) in [5.74, 6) is 0.528. The van der Waals surface area contributed by atoms with Gasteiger partial charge in [0, 0.05) is 12.1 Å². The Kier molecular flexibility index (Phi) is 7.31. The van der Waals surface area contributed by atoms with Gasteiger partial charge in [0.05, 0.1) is 25.1 Å². The highest BCUT2D eigenvalue weighted by Gasteiger charge is 2.18. The highest BCUT2D eigenvalue weighted by molar-refractivity contribution is 7.92. The van der Waals surface area contributed by atoms with E-state index in [9.17, 15) is 13.2 Å². The zero-order valence-electron chi connectivity index (χ0n) is 17.6. The Morgan fingerprint density at radius 3 is 2.26 bits per heavy atom. The first-order valence-electron chi connectivity index (χ1n) is 9.98. The molecule has 3 aromatic rings. The summed E-state index contributed by atoms with van der Waals surface area (Å²) >= 11 is 0. The fourth-order valence-corrected chi connectivity index (χ4v) is 4.01. The molecular weight excluding hydrogens is 412 g/mol. The lowest BCUT2D eigenvalue weighted by molar-refractivity contribution is 0.0951. The van der Waals surface area contributed by atoms with Crippen LogP contribution in [0.5, 0.6) is 5.75 Å². The van der Waals surface area contributed by atoms with Gasteiger partial charge >= 0.3 is 0 Å². The average molecular weight is 439 g/mol. The normalized spacial score (nSPS) is 11.0. The number of nitrogens with one attached hydrogen (secondary N) is 1. The molecule has 0 saturated carbocycles. The quantitative estimate of drug-likeness (QED) is 0.548. The van der Waals surface area contributed by atoms with E-state index in [2.05, 4.69) is 5.32 Å². The Bertz CT molecular complexity index is 1110. The molecule has 0 fully saturated rings. The van der Waals surface area contributed by atoms with Crippen LogP contribution in [-0.2, 0) is 23.1 Å². The smallest absolute Gasteiger partial charge is 0.251 e. The monoisotopic (exact) mass is 438 g/mol. The molecule has 0 atom stereocenters. The fourth-order valence-electron chi connectivity index (χ4n) is 3.12. The molecule has 31 heavy (non-hydrogen) atoms. The molecule has 0 unspecified atom stereocenters. The lowest BCUT2D eigenvalue weighted by Crippen LogP contribution is -2.29. The first-order chi connectivity index (χ1) is 14.9. The van der Waals surface area contributed by atoms with E-state index in [1.54, 1.807) is 24.3 Å². The van der Waals surface area contributed by atoms with Gasteiger partial charge in [0.15, 0.2) is 0 Å². The summed E-state index contributed by atoms with van der Waals surface area (Å²) in [7, 11) is -3.48. The predicted molar refractivity (Wildman–Crippen MR) is 123 cm³/mol. The zero-order chi connectivity index (χ0) is 22.3. The molecule has 3 rings (SSSR count). The number of rotatable bonds is 9. The number of nitrogens with zero attached hydrogens (tertiary/aromatic N) is 1. The van der Waals surface area contributed by atoms with E-state index in [1.807, 2.05) is 61.5 Å². The Hall–Kier alpha value is -3.32. The fraction of sp³-hybridized carbons (Fsp3) is 0.208. The number of anilines is 1. The molecule has 3 aromatic carbocycles. The average Bonchev–Trinajstić information content (AvgIpc) is 2.76. The van der Waals surface area contributed by atoms with Crippen LogP contribution in [0.15, 0.2) is 78.9 Å². The van der Waals surface area contributed by atoms with Gasteiger partial charge in [-0.3, -0.25) is 9.10 Å². The van der Waals surface area contributed by atoms with Gasteiger partial charge in [-0.2, -0.15) is 0 Å². The Morgan fingerprint density at radius 2 is 1.61 bits per heavy atom. The summed E-state index contributed by atoms with van der Waals surface area (Å²) in [6, 6.07) is 23.5. The minimum Gasteiger partial charge on any atom is -0.494 e. The first kappa shape index (κ1) is 22.4. The molecule has 0 aliphatic carbocycles. The highest BCUT2D eigenvalue weighted by Crippen LogP contribution is 2.21. The van der Waals surface area contributed by atoms with Gasteiger partial charge < -0.3 is 10.1 Å². The predicted octanol–water partition coefficient (Wildman–Crippen LogP) is 3.98. The molecule has 6 nitrogen and oxygen atoms in total. The molecule has 0 aromatic heterocycles. The van der Waals surface area contributed by atoms with E-state index in [0.717, 1.165) is 16.9 Å². The van der Waals surface area contributed by atoms with Crippen molar-refractivity contribution in [1.29, 1.82) is 0 Å². The van der Waals surface area contributed by atoms with Gasteiger partial charge in [-0.1, -0.05) is 42.5 Å². The van der Waals surface area contributed by atoms with Crippen LogP contribution in [0.3, 0.4) is 0 Å². The largest absolute Gasteiger partial charge is 0.494 e. The second-order valence-electron chi connectivity index (χ2n) is 7.07. The van der Waals surface area contributed by atoms with Gasteiger partial charge in [0.25, 0.3) is 5.91 Å². The molecule has 0 heterocycles. The molecule has 0 aliphatic heterocycles. The van der Waals surface area contributed by atoms with Crippen LogP contribution in [0.2, 0.25) is 0 Å². The molecule has 1 N–H and O–H groups in total. The van der Waals surface area contributed by atoms with Gasteiger partial charge in [-0.25, -0.2) is 8.42 Å². The van der Waals surface area contributed by atoms with Crippen molar-refractivity contribution in [1.82, 2.24) is 5.32 Å². The summed E-state index contributed by atoms with van der Waals surface area (Å²) in [4.78, 5) is 12.5. The lowest BCUT2D eigenvalue weighted by atomic mass is 10.1. The summed E-state index contributed by atoms with van der Waals surface area (Å²) in [5, 5.41) is 2.88. The van der Waals surface area contributed by atoms with Gasteiger partial charge in [0.2, 0.25) is 10.0 Å². The van der Waals surface area contributed by atoms with Crippen molar-refractivity contribution in [3.8, 4) is 5.75 Å². The van der Waals surface area contributed by atoms with Crippen molar-refractivity contribution in [2.24, 2.45) is 0 Å². The maximum atomic E-state index is 12.5. The molecule has 0 aliphatic rings. The van der Waals surface area contributed by atoms with Crippen molar-refractivity contribution in [2.75, 3.05) is 17.2 Å². The van der Waals surface area contributed by atoms with E-state index >= 15 is 0 Å². The topological polar surface area (TPSA) is 75.7 Å². The second kappa shape index (κ2) is 10.1. The number of carbonyl (C=O) groups excluding carboxylic acids is 1. The van der Waals surface area contributed by atoms with Crippen LogP contribution >= 0.6 is 0 Å². The number of hydrogen-bond acceptors (Lipinski definition) is 4. The van der Waals surface area contributed by atoms with E-state index in [-0.39, 0.29) is 12.5 Å². The van der Waals surface area contributed by atoms with Crippen molar-refractivity contribution >= 4 is 21.6 Å². The van der Waals surface area contributed by atoms with Crippen LogP contribution in [-0.4, -0.2) is 27.2 Å². The van der Waals surface area contributed by atoms with Gasteiger partial charge in [0.1, 0.15) is 5.75 Å². The molecule has 0 bridgehead atoms. The van der Waals surface area contributed by atoms with Gasteiger partial charge in [-0.15, -0.1) is 0 Å². The van der Waals surface area contributed by atoms with E-state index < -0.39 is 10.0 Å². The number of hydrogen-bond donors (Lipinski definition) is 1. The molecular formula is C24H26N2O4S. The summed E-state index contributed by atoms with van der Waals surface area (Å²) in [6.07, 6.45) is 1.17. The number of amides is 1. The minimum atomic E-state index is -3.48. The Labute approximate surface area is 183 Å². The molecule has 162 valence electrons. The molecule has 1 amide bonds. The first-order valence-corrected chi connectivity index (χ1v) is 11.8. The number of benzene rings is 3. The van der Waals surface area contributed by atoms with Crippen molar-refractivity contribution in [3.63, 3.8) is 0 Å². The molecule has 7 heteroatoms. The summed E-state index contributed by atoms with van der Waals surface area (Å²) in [6.45, 7) is 3.09. The number of ether oxygens (including phenoxy) is 1. The lowest BCUT2D eigenvalue weighted by Gasteiger charge is -2.22. The number of sulfonamides is 1. The Balaban J connectivity index is 1.69.